The van der Waals surface area contributed by atoms with Gasteiger partial charge in [-0.15, -0.1) is 11.3 Å². The molecule has 0 saturated carbocycles. The Morgan fingerprint density at radius 1 is 1.12 bits per heavy atom. The zero-order valence-electron chi connectivity index (χ0n) is 14.3. The SMILES string of the molecule is O=C(Cc1ccc(Cl)cc1)N1CCC(N2CCc3sccc3C2)CC1. The highest BCUT2D eigenvalue weighted by Crippen LogP contribution is 2.28. The van der Waals surface area contributed by atoms with Crippen LogP contribution in [0, 0.1) is 0 Å². The van der Waals surface area contributed by atoms with Crippen molar-refractivity contribution in [3.8, 4) is 0 Å². The van der Waals surface area contributed by atoms with Gasteiger partial charge in [-0.25, -0.2) is 0 Å². The van der Waals surface area contributed by atoms with Gasteiger partial charge in [-0.2, -0.15) is 0 Å². The Balaban J connectivity index is 1.29. The van der Waals surface area contributed by atoms with E-state index >= 15 is 0 Å². The van der Waals surface area contributed by atoms with E-state index in [0.29, 0.717) is 17.5 Å². The van der Waals surface area contributed by atoms with Crippen LogP contribution in [0.25, 0.3) is 0 Å². The van der Waals surface area contributed by atoms with Gasteiger partial charge in [0.15, 0.2) is 0 Å². The number of carbonyl (C=O) groups excluding carboxylic acids is 1. The van der Waals surface area contributed by atoms with E-state index in [1.54, 1.807) is 4.88 Å². The number of fused-ring (bicyclic) bond motifs is 1. The average Bonchev–Trinajstić information content (AvgIpc) is 3.11. The number of hydrogen-bond donors (Lipinski definition) is 0. The average molecular weight is 375 g/mol. The number of benzene rings is 1. The molecule has 2 aliphatic rings. The number of hydrogen-bond acceptors (Lipinski definition) is 3. The Labute approximate surface area is 158 Å². The van der Waals surface area contributed by atoms with Gasteiger partial charge in [0.1, 0.15) is 0 Å². The number of carbonyl (C=O) groups is 1. The lowest BCUT2D eigenvalue weighted by Crippen LogP contribution is -2.48. The topological polar surface area (TPSA) is 23.6 Å². The Morgan fingerprint density at radius 2 is 1.88 bits per heavy atom. The first-order chi connectivity index (χ1) is 12.2. The molecule has 2 aromatic rings. The normalized spacial score (nSPS) is 19.0. The molecule has 1 saturated heterocycles. The molecule has 3 nitrogen and oxygen atoms in total. The minimum Gasteiger partial charge on any atom is -0.342 e. The van der Waals surface area contributed by atoms with Crippen molar-refractivity contribution in [1.29, 1.82) is 0 Å². The predicted molar refractivity (Wildman–Crippen MR) is 103 cm³/mol. The van der Waals surface area contributed by atoms with E-state index in [2.05, 4.69) is 16.3 Å². The van der Waals surface area contributed by atoms with E-state index < -0.39 is 0 Å². The summed E-state index contributed by atoms with van der Waals surface area (Å²) >= 11 is 7.80. The Morgan fingerprint density at radius 3 is 2.64 bits per heavy atom. The third kappa shape index (κ3) is 3.91. The van der Waals surface area contributed by atoms with Crippen molar-refractivity contribution in [3.05, 3.63) is 56.7 Å². The Kier molecular flexibility index (Phi) is 5.11. The molecule has 0 N–H and O–H groups in total. The fourth-order valence-corrected chi connectivity index (χ4v) is 4.97. The first-order valence-corrected chi connectivity index (χ1v) is 10.3. The highest BCUT2D eigenvalue weighted by Gasteiger charge is 2.29. The second-order valence-electron chi connectivity index (χ2n) is 7.00. The van der Waals surface area contributed by atoms with E-state index in [0.717, 1.165) is 44.6 Å². The van der Waals surface area contributed by atoms with Crippen LogP contribution in [0.2, 0.25) is 5.02 Å². The summed E-state index contributed by atoms with van der Waals surface area (Å²) in [6, 6.07) is 10.5. The second-order valence-corrected chi connectivity index (χ2v) is 8.44. The molecule has 2 aliphatic heterocycles. The molecule has 0 atom stereocenters. The molecule has 1 aromatic carbocycles. The van der Waals surface area contributed by atoms with Gasteiger partial charge in [0.2, 0.25) is 5.91 Å². The summed E-state index contributed by atoms with van der Waals surface area (Å²) in [5, 5.41) is 2.93. The zero-order chi connectivity index (χ0) is 17.2. The largest absolute Gasteiger partial charge is 0.342 e. The molecule has 0 unspecified atom stereocenters. The summed E-state index contributed by atoms with van der Waals surface area (Å²) in [4.78, 5) is 18.8. The van der Waals surface area contributed by atoms with Crippen molar-refractivity contribution >= 4 is 28.8 Å². The molecular weight excluding hydrogens is 352 g/mol. The summed E-state index contributed by atoms with van der Waals surface area (Å²) in [6.07, 6.45) is 3.84. The molecule has 0 spiro atoms. The van der Waals surface area contributed by atoms with Crippen molar-refractivity contribution in [2.75, 3.05) is 19.6 Å². The first-order valence-electron chi connectivity index (χ1n) is 9.00. The molecular formula is C20H23ClN2OS. The van der Waals surface area contributed by atoms with E-state index in [-0.39, 0.29) is 5.91 Å². The van der Waals surface area contributed by atoms with E-state index in [4.69, 9.17) is 11.6 Å². The van der Waals surface area contributed by atoms with Crippen LogP contribution in [0.3, 0.4) is 0 Å². The van der Waals surface area contributed by atoms with Crippen LogP contribution in [0.4, 0.5) is 0 Å². The van der Waals surface area contributed by atoms with Gasteiger partial charge in [0.25, 0.3) is 0 Å². The van der Waals surface area contributed by atoms with Gasteiger partial charge in [-0.1, -0.05) is 23.7 Å². The van der Waals surface area contributed by atoms with Crippen LogP contribution >= 0.6 is 22.9 Å². The third-order valence-corrected chi connectivity index (χ3v) is 6.71. The lowest BCUT2D eigenvalue weighted by Gasteiger charge is -2.40. The Bertz CT molecular complexity index is 734. The van der Waals surface area contributed by atoms with Crippen LogP contribution in [-0.2, 0) is 24.2 Å². The van der Waals surface area contributed by atoms with E-state index in [1.807, 2.05) is 40.5 Å². The van der Waals surface area contributed by atoms with Crippen LogP contribution in [0.5, 0.6) is 0 Å². The van der Waals surface area contributed by atoms with Crippen LogP contribution in [0.1, 0.15) is 28.8 Å². The number of halogens is 1. The number of rotatable bonds is 3. The molecule has 1 amide bonds. The van der Waals surface area contributed by atoms with Gasteiger partial charge in [0, 0.05) is 42.1 Å². The van der Waals surface area contributed by atoms with Crippen molar-refractivity contribution in [2.45, 2.75) is 38.3 Å². The number of amides is 1. The van der Waals surface area contributed by atoms with Gasteiger partial charge >= 0.3 is 0 Å². The van der Waals surface area contributed by atoms with Crippen molar-refractivity contribution in [3.63, 3.8) is 0 Å². The van der Waals surface area contributed by atoms with Crippen LogP contribution < -0.4 is 0 Å². The van der Waals surface area contributed by atoms with Gasteiger partial charge in [0.05, 0.1) is 6.42 Å². The molecule has 25 heavy (non-hydrogen) atoms. The maximum atomic E-state index is 12.5. The fourth-order valence-electron chi connectivity index (χ4n) is 3.95. The standard InChI is InChI=1S/C20H23ClN2OS/c21-17-3-1-15(2-4-17)13-20(24)22-9-5-18(6-10-22)23-11-7-19-16(14-23)8-12-25-19/h1-4,8,12,18H,5-7,9-11,13-14H2. The van der Waals surface area contributed by atoms with Crippen molar-refractivity contribution < 1.29 is 4.79 Å². The summed E-state index contributed by atoms with van der Waals surface area (Å²) in [7, 11) is 0. The van der Waals surface area contributed by atoms with E-state index in [1.165, 1.54) is 12.0 Å². The molecule has 1 aromatic heterocycles. The molecule has 132 valence electrons. The summed E-state index contributed by atoms with van der Waals surface area (Å²) in [5.41, 5.74) is 2.55. The molecule has 0 bridgehead atoms. The summed E-state index contributed by atoms with van der Waals surface area (Å²) in [5.74, 6) is 0.236. The van der Waals surface area contributed by atoms with Crippen molar-refractivity contribution in [2.24, 2.45) is 0 Å². The highest BCUT2D eigenvalue weighted by atomic mass is 35.5. The number of thiophene rings is 1. The molecule has 5 heteroatoms. The molecule has 3 heterocycles. The minimum atomic E-state index is 0.236. The molecule has 4 rings (SSSR count). The molecule has 1 fully saturated rings. The van der Waals surface area contributed by atoms with Crippen LogP contribution in [-0.4, -0.2) is 41.4 Å². The lowest BCUT2D eigenvalue weighted by molar-refractivity contribution is -0.132. The second kappa shape index (κ2) is 7.48. The maximum absolute atomic E-state index is 12.5. The highest BCUT2D eigenvalue weighted by molar-refractivity contribution is 7.10. The fraction of sp³-hybridized carbons (Fsp3) is 0.450. The van der Waals surface area contributed by atoms with Crippen molar-refractivity contribution in [1.82, 2.24) is 9.80 Å². The quantitative estimate of drug-likeness (QED) is 0.810. The lowest BCUT2D eigenvalue weighted by atomic mass is 9.99. The monoisotopic (exact) mass is 374 g/mol. The smallest absolute Gasteiger partial charge is 0.226 e. The van der Waals surface area contributed by atoms with Gasteiger partial charge < -0.3 is 4.90 Å². The Hall–Kier alpha value is -1.36. The predicted octanol–water partition coefficient (Wildman–Crippen LogP) is 3.99. The number of likely N-dealkylation sites (tertiary alicyclic amines) is 1. The molecule has 0 radical (unpaired) electrons. The third-order valence-electron chi connectivity index (χ3n) is 5.44. The minimum absolute atomic E-state index is 0.236. The number of nitrogens with zero attached hydrogens (tertiary/aromatic N) is 2. The molecule has 0 aliphatic carbocycles. The van der Waals surface area contributed by atoms with Gasteiger partial charge in [-0.05, 0) is 54.0 Å². The van der Waals surface area contributed by atoms with E-state index in [9.17, 15) is 4.79 Å². The summed E-state index contributed by atoms with van der Waals surface area (Å²) < 4.78 is 0. The maximum Gasteiger partial charge on any atom is 0.226 e. The first kappa shape index (κ1) is 17.1. The zero-order valence-corrected chi connectivity index (χ0v) is 15.9. The number of piperidine rings is 1. The van der Waals surface area contributed by atoms with Gasteiger partial charge in [-0.3, -0.25) is 9.69 Å². The summed E-state index contributed by atoms with van der Waals surface area (Å²) in [6.45, 7) is 4.01. The van der Waals surface area contributed by atoms with Crippen LogP contribution in [0.15, 0.2) is 35.7 Å².